The lowest BCUT2D eigenvalue weighted by Gasteiger charge is -2.39. The van der Waals surface area contributed by atoms with Gasteiger partial charge < -0.3 is 9.84 Å². The van der Waals surface area contributed by atoms with E-state index >= 15 is 0 Å². The Labute approximate surface area is 150 Å². The summed E-state index contributed by atoms with van der Waals surface area (Å²) in [6, 6.07) is 0. The highest BCUT2D eigenvalue weighted by molar-refractivity contribution is 5.90. The monoisotopic (exact) mass is 462 g/mol. The molecule has 17 heteroatoms. The summed E-state index contributed by atoms with van der Waals surface area (Å²) in [6.07, 6.45) is -10.1. The Kier molecular flexibility index (Phi) is 7.28. The van der Waals surface area contributed by atoms with Gasteiger partial charge in [0.15, 0.2) is 0 Å². The predicted octanol–water partition coefficient (Wildman–Crippen LogP) is 4.30. The molecule has 0 amide bonds. The third-order valence-electron chi connectivity index (χ3n) is 3.02. The predicted molar refractivity (Wildman–Crippen MR) is 63.1 cm³/mol. The number of carboxylic acid groups (broad SMARTS) is 1. The van der Waals surface area contributed by atoms with E-state index < -0.39 is 60.8 Å². The lowest BCUT2D eigenvalue weighted by Crippen LogP contribution is -2.70. The quantitative estimate of drug-likeness (QED) is 0.316. The maximum absolute atomic E-state index is 13.3. The Balaban J connectivity index is 5.65. The topological polar surface area (TPSA) is 63.6 Å². The molecule has 0 atom stereocenters. The number of aliphatic carboxylic acids is 1. The van der Waals surface area contributed by atoms with Crippen molar-refractivity contribution in [3.63, 3.8) is 0 Å². The summed E-state index contributed by atoms with van der Waals surface area (Å²) >= 11 is 0. The van der Waals surface area contributed by atoms with Crippen LogP contribution in [-0.4, -0.2) is 59.4 Å². The van der Waals surface area contributed by atoms with Crippen LogP contribution in [-0.2, 0) is 14.3 Å². The maximum atomic E-state index is 13.3. The van der Waals surface area contributed by atoms with E-state index in [0.29, 0.717) is 0 Å². The maximum Gasteiger partial charge on any atom is 0.460 e. The van der Waals surface area contributed by atoms with Crippen LogP contribution in [0.2, 0.25) is 0 Å². The van der Waals surface area contributed by atoms with Crippen LogP contribution >= 0.6 is 0 Å². The van der Waals surface area contributed by atoms with Crippen LogP contribution in [0.15, 0.2) is 12.2 Å². The van der Waals surface area contributed by atoms with Gasteiger partial charge in [0.2, 0.25) is 0 Å². The first kappa shape index (κ1) is 26.8. The molecule has 0 rings (SSSR count). The third kappa shape index (κ3) is 4.85. The van der Waals surface area contributed by atoms with E-state index in [-0.39, 0.29) is 12.2 Å². The molecule has 0 aliphatic heterocycles. The van der Waals surface area contributed by atoms with Crippen LogP contribution in [0.3, 0.4) is 0 Å². The van der Waals surface area contributed by atoms with Crippen molar-refractivity contribution in [3.05, 3.63) is 12.2 Å². The molecule has 0 spiro atoms. The lowest BCUT2D eigenvalue weighted by molar-refractivity contribution is -0.440. The average Bonchev–Trinajstić information content (AvgIpc) is 2.50. The molecule has 0 radical (unpaired) electrons. The smallest absolute Gasteiger partial charge is 0.460 e. The standard InChI is InChI=1S/C12H7F13O4/c13-7(14,3-4-29-6(28)2-1-5(26)27)8(15,16)9(17,18)10(19,20)11(21,22)12(23,24)25/h1-2H,3-4H2,(H,26,27)/b2-1-. The number of carbonyl (C=O) groups excluding carboxylic acids is 1. The van der Waals surface area contributed by atoms with Crippen molar-refractivity contribution in [2.24, 2.45) is 0 Å². The molecule has 0 aliphatic carbocycles. The van der Waals surface area contributed by atoms with Gasteiger partial charge in [-0.25, -0.2) is 9.59 Å². The number of halogens is 13. The van der Waals surface area contributed by atoms with Gasteiger partial charge in [-0.1, -0.05) is 0 Å². The van der Waals surface area contributed by atoms with Crippen LogP contribution in [0.4, 0.5) is 57.1 Å². The third-order valence-corrected chi connectivity index (χ3v) is 3.02. The minimum absolute atomic E-state index is 0.0330. The van der Waals surface area contributed by atoms with E-state index in [4.69, 9.17) is 5.11 Å². The summed E-state index contributed by atoms with van der Waals surface area (Å²) in [7, 11) is 0. The first-order chi connectivity index (χ1) is 12.6. The lowest BCUT2D eigenvalue weighted by atomic mass is 9.93. The van der Waals surface area contributed by atoms with Crippen LogP contribution < -0.4 is 0 Å². The SMILES string of the molecule is O=C(O)/C=C\C(=O)OCCC(F)(F)C(F)(F)C(F)(F)C(F)(F)C(F)(F)C(F)(F)F. The normalized spacial score (nSPS) is 14.9. The molecule has 1 N–H and O–H groups in total. The van der Waals surface area contributed by atoms with Gasteiger partial charge in [-0.2, -0.15) is 57.1 Å². The van der Waals surface area contributed by atoms with Crippen LogP contribution in [0, 0.1) is 0 Å². The van der Waals surface area contributed by atoms with Gasteiger partial charge in [0.25, 0.3) is 0 Å². The highest BCUT2D eigenvalue weighted by Gasteiger charge is 2.90. The van der Waals surface area contributed by atoms with E-state index in [0.717, 1.165) is 0 Å². The summed E-state index contributed by atoms with van der Waals surface area (Å²) in [5.41, 5.74) is 0. The molecule has 0 aromatic rings. The highest BCUT2D eigenvalue weighted by Crippen LogP contribution is 2.60. The number of esters is 1. The Morgan fingerprint density at radius 3 is 1.48 bits per heavy atom. The number of hydrogen-bond acceptors (Lipinski definition) is 3. The number of carboxylic acids is 1. The van der Waals surface area contributed by atoms with E-state index in [1.807, 2.05) is 0 Å². The van der Waals surface area contributed by atoms with Gasteiger partial charge in [-0.15, -0.1) is 0 Å². The van der Waals surface area contributed by atoms with Crippen molar-refractivity contribution in [2.75, 3.05) is 6.61 Å². The molecule has 0 aromatic carbocycles. The molecule has 0 heterocycles. The van der Waals surface area contributed by atoms with Crippen molar-refractivity contribution in [1.82, 2.24) is 0 Å². The largest absolute Gasteiger partial charge is 0.478 e. The zero-order valence-corrected chi connectivity index (χ0v) is 13.2. The molecule has 29 heavy (non-hydrogen) atoms. The van der Waals surface area contributed by atoms with Crippen molar-refractivity contribution in [2.45, 2.75) is 42.2 Å². The first-order valence-electron chi connectivity index (χ1n) is 6.60. The Morgan fingerprint density at radius 1 is 0.690 bits per heavy atom. The molecule has 4 nitrogen and oxygen atoms in total. The zero-order valence-electron chi connectivity index (χ0n) is 13.2. The van der Waals surface area contributed by atoms with E-state index in [2.05, 4.69) is 4.74 Å². The van der Waals surface area contributed by atoms with Gasteiger partial charge in [0.1, 0.15) is 0 Å². The van der Waals surface area contributed by atoms with Crippen molar-refractivity contribution >= 4 is 11.9 Å². The molecule has 0 saturated heterocycles. The van der Waals surface area contributed by atoms with Crippen LogP contribution in [0.25, 0.3) is 0 Å². The number of hydrogen-bond donors (Lipinski definition) is 1. The van der Waals surface area contributed by atoms with Gasteiger partial charge >= 0.3 is 47.7 Å². The van der Waals surface area contributed by atoms with Gasteiger partial charge in [0.05, 0.1) is 13.0 Å². The molecule has 0 unspecified atom stereocenters. The van der Waals surface area contributed by atoms with Crippen LogP contribution in [0.1, 0.15) is 6.42 Å². The number of carbonyl (C=O) groups is 2. The molecule has 170 valence electrons. The molecular weight excluding hydrogens is 455 g/mol. The first-order valence-corrected chi connectivity index (χ1v) is 6.60. The molecule has 0 bridgehead atoms. The zero-order chi connectivity index (χ0) is 23.7. The van der Waals surface area contributed by atoms with E-state index in [1.54, 1.807) is 0 Å². The molecule has 0 aliphatic rings. The average molecular weight is 462 g/mol. The summed E-state index contributed by atoms with van der Waals surface area (Å²) in [4.78, 5) is 20.8. The second-order valence-corrected chi connectivity index (χ2v) is 5.09. The van der Waals surface area contributed by atoms with Crippen molar-refractivity contribution in [1.29, 1.82) is 0 Å². The van der Waals surface area contributed by atoms with Crippen molar-refractivity contribution < 1.29 is 76.5 Å². The minimum atomic E-state index is -8.01. The molecule has 0 fully saturated rings. The van der Waals surface area contributed by atoms with Gasteiger partial charge in [-0.3, -0.25) is 0 Å². The van der Waals surface area contributed by atoms with Crippen LogP contribution in [0.5, 0.6) is 0 Å². The van der Waals surface area contributed by atoms with Gasteiger partial charge in [0, 0.05) is 12.2 Å². The number of ether oxygens (including phenoxy) is 1. The summed E-state index contributed by atoms with van der Waals surface area (Å²) in [5.74, 6) is -41.2. The fourth-order valence-electron chi connectivity index (χ4n) is 1.43. The Morgan fingerprint density at radius 2 is 1.10 bits per heavy atom. The number of alkyl halides is 13. The second-order valence-electron chi connectivity index (χ2n) is 5.09. The Bertz CT molecular complexity index is 651. The van der Waals surface area contributed by atoms with E-state index in [9.17, 15) is 66.7 Å². The summed E-state index contributed by atoms with van der Waals surface area (Å²) in [6.45, 7) is -1.96. The number of rotatable bonds is 9. The summed E-state index contributed by atoms with van der Waals surface area (Å²) < 4.78 is 170. The fraction of sp³-hybridized carbons (Fsp3) is 0.667. The minimum Gasteiger partial charge on any atom is -0.478 e. The highest BCUT2D eigenvalue weighted by atomic mass is 19.4. The Hall–Kier alpha value is -2.23. The molecule has 0 aromatic heterocycles. The molecule has 0 saturated carbocycles. The summed E-state index contributed by atoms with van der Waals surface area (Å²) in [5, 5.41) is 8.10. The second kappa shape index (κ2) is 7.89. The van der Waals surface area contributed by atoms with Crippen molar-refractivity contribution in [3.8, 4) is 0 Å². The van der Waals surface area contributed by atoms with E-state index in [1.165, 1.54) is 0 Å². The van der Waals surface area contributed by atoms with Gasteiger partial charge in [-0.05, 0) is 0 Å². The molecular formula is C12H7F13O4. The fourth-order valence-corrected chi connectivity index (χ4v) is 1.43.